The van der Waals surface area contributed by atoms with E-state index in [2.05, 4.69) is 14.8 Å². The van der Waals surface area contributed by atoms with Gasteiger partial charge in [0.15, 0.2) is 5.16 Å². The zero-order valence-electron chi connectivity index (χ0n) is 12.3. The zero-order valence-corrected chi connectivity index (χ0v) is 13.1. The smallest absolute Gasteiger partial charge is 0.313 e. The van der Waals surface area contributed by atoms with Crippen LogP contribution in [0.1, 0.15) is 63.1 Å². The van der Waals surface area contributed by atoms with Crippen molar-refractivity contribution in [2.45, 2.75) is 69.0 Å². The van der Waals surface area contributed by atoms with Gasteiger partial charge in [-0.05, 0) is 31.6 Å². The molecule has 21 heavy (non-hydrogen) atoms. The highest BCUT2D eigenvalue weighted by molar-refractivity contribution is 7.99. The minimum Gasteiger partial charge on any atom is -0.481 e. The Bertz CT molecular complexity index is 493. The fraction of sp³-hybridized carbons (Fsp3) is 0.800. The lowest BCUT2D eigenvalue weighted by Gasteiger charge is -2.12. The van der Waals surface area contributed by atoms with Gasteiger partial charge in [0, 0.05) is 12.5 Å². The maximum Gasteiger partial charge on any atom is 0.313 e. The molecule has 0 aliphatic heterocycles. The number of carboxylic acids is 1. The molecule has 1 aromatic rings. The molecule has 0 radical (unpaired) electrons. The molecule has 0 aromatic carbocycles. The van der Waals surface area contributed by atoms with E-state index in [1.807, 2.05) is 0 Å². The summed E-state index contributed by atoms with van der Waals surface area (Å²) >= 11 is 1.29. The van der Waals surface area contributed by atoms with Gasteiger partial charge < -0.3 is 9.67 Å². The number of hydrogen-bond acceptors (Lipinski definition) is 4. The molecule has 1 aromatic heterocycles. The number of rotatable bonds is 8. The lowest BCUT2D eigenvalue weighted by molar-refractivity contribution is -0.133. The largest absolute Gasteiger partial charge is 0.481 e. The van der Waals surface area contributed by atoms with Crippen LogP contribution in [0.15, 0.2) is 5.16 Å². The Morgan fingerprint density at radius 1 is 1.24 bits per heavy atom. The van der Waals surface area contributed by atoms with Gasteiger partial charge in [-0.25, -0.2) is 0 Å². The van der Waals surface area contributed by atoms with Crippen molar-refractivity contribution in [3.8, 4) is 0 Å². The molecular formula is C15H23N3O2S. The van der Waals surface area contributed by atoms with Crippen LogP contribution < -0.4 is 0 Å². The van der Waals surface area contributed by atoms with Crippen molar-refractivity contribution in [2.75, 3.05) is 5.75 Å². The average Bonchev–Trinajstić information content (AvgIpc) is 3.02. The highest BCUT2D eigenvalue weighted by Crippen LogP contribution is 2.40. The van der Waals surface area contributed by atoms with Crippen LogP contribution in [0.2, 0.25) is 0 Å². The summed E-state index contributed by atoms with van der Waals surface area (Å²) in [6.45, 7) is 0.942. The lowest BCUT2D eigenvalue weighted by atomic mass is 10.0. The van der Waals surface area contributed by atoms with Crippen LogP contribution in [0.4, 0.5) is 0 Å². The summed E-state index contributed by atoms with van der Waals surface area (Å²) in [6, 6.07) is 0. The number of hydrogen-bond donors (Lipinski definition) is 1. The molecule has 0 spiro atoms. The number of carbonyl (C=O) groups is 1. The normalized spacial score (nSPS) is 19.2. The van der Waals surface area contributed by atoms with E-state index < -0.39 is 5.97 Å². The summed E-state index contributed by atoms with van der Waals surface area (Å²) in [6.07, 6.45) is 10.4. The van der Waals surface area contributed by atoms with Crippen LogP contribution in [0.5, 0.6) is 0 Å². The van der Waals surface area contributed by atoms with Crippen molar-refractivity contribution in [2.24, 2.45) is 5.92 Å². The monoisotopic (exact) mass is 309 g/mol. The second-order valence-corrected chi connectivity index (χ2v) is 7.18. The standard InChI is InChI=1S/C15H23N3O2S/c19-13(20)10-21-15-17-16-14(12-7-8-12)18(15)9-3-6-11-4-1-2-5-11/h11-12H,1-10H2,(H,19,20). The highest BCUT2D eigenvalue weighted by Gasteiger charge is 2.30. The van der Waals surface area contributed by atoms with E-state index in [4.69, 9.17) is 5.11 Å². The van der Waals surface area contributed by atoms with Crippen LogP contribution in [-0.2, 0) is 11.3 Å². The number of thioether (sulfide) groups is 1. The minimum atomic E-state index is -0.798. The summed E-state index contributed by atoms with van der Waals surface area (Å²) in [7, 11) is 0. The van der Waals surface area contributed by atoms with E-state index in [0.29, 0.717) is 5.92 Å². The van der Waals surface area contributed by atoms with Gasteiger partial charge in [-0.2, -0.15) is 0 Å². The third kappa shape index (κ3) is 3.99. The first-order valence-electron chi connectivity index (χ1n) is 8.01. The number of carboxylic acid groups (broad SMARTS) is 1. The van der Waals surface area contributed by atoms with Gasteiger partial charge in [0.05, 0.1) is 5.75 Å². The Labute approximate surface area is 129 Å². The molecule has 0 bridgehead atoms. The van der Waals surface area contributed by atoms with Gasteiger partial charge in [-0.15, -0.1) is 10.2 Å². The highest BCUT2D eigenvalue weighted by atomic mass is 32.2. The third-order valence-electron chi connectivity index (χ3n) is 4.48. The first kappa shape index (κ1) is 14.9. The molecule has 0 amide bonds. The quantitative estimate of drug-likeness (QED) is 0.746. The summed E-state index contributed by atoms with van der Waals surface area (Å²) in [5, 5.41) is 18.1. The molecule has 2 fully saturated rings. The molecule has 6 heteroatoms. The van der Waals surface area contributed by atoms with E-state index in [0.717, 1.165) is 29.9 Å². The Morgan fingerprint density at radius 3 is 2.67 bits per heavy atom. The van der Waals surface area contributed by atoms with Crippen LogP contribution in [0.25, 0.3) is 0 Å². The Morgan fingerprint density at radius 2 is 2.00 bits per heavy atom. The lowest BCUT2D eigenvalue weighted by Crippen LogP contribution is -2.08. The summed E-state index contributed by atoms with van der Waals surface area (Å²) in [5.74, 6) is 1.80. The maximum atomic E-state index is 10.7. The van der Waals surface area contributed by atoms with Gasteiger partial charge in [-0.1, -0.05) is 37.4 Å². The predicted molar refractivity (Wildman–Crippen MR) is 81.5 cm³/mol. The van der Waals surface area contributed by atoms with E-state index in [-0.39, 0.29) is 5.75 Å². The van der Waals surface area contributed by atoms with Crippen LogP contribution in [0.3, 0.4) is 0 Å². The van der Waals surface area contributed by atoms with Crippen molar-refractivity contribution >= 4 is 17.7 Å². The van der Waals surface area contributed by atoms with Gasteiger partial charge in [-0.3, -0.25) is 4.79 Å². The average molecular weight is 309 g/mol. The van der Waals surface area contributed by atoms with Crippen LogP contribution in [-0.4, -0.2) is 31.6 Å². The molecule has 0 atom stereocenters. The van der Waals surface area contributed by atoms with Crippen molar-refractivity contribution in [1.29, 1.82) is 0 Å². The Hall–Kier alpha value is -1.04. The Balaban J connectivity index is 1.59. The first-order chi connectivity index (χ1) is 10.2. The number of nitrogens with zero attached hydrogens (tertiary/aromatic N) is 3. The Kier molecular flexibility index (Phi) is 4.83. The molecular weight excluding hydrogens is 286 g/mol. The molecule has 5 nitrogen and oxygen atoms in total. The zero-order chi connectivity index (χ0) is 14.7. The molecule has 2 aliphatic rings. The number of aliphatic carboxylic acids is 1. The van der Waals surface area contributed by atoms with Crippen molar-refractivity contribution < 1.29 is 9.90 Å². The maximum absolute atomic E-state index is 10.7. The molecule has 0 unspecified atom stereocenters. The summed E-state index contributed by atoms with van der Waals surface area (Å²) < 4.78 is 2.18. The molecule has 0 saturated heterocycles. The summed E-state index contributed by atoms with van der Waals surface area (Å²) in [5.41, 5.74) is 0. The van der Waals surface area contributed by atoms with Crippen molar-refractivity contribution in [1.82, 2.24) is 14.8 Å². The van der Waals surface area contributed by atoms with E-state index in [1.165, 1.54) is 56.7 Å². The summed E-state index contributed by atoms with van der Waals surface area (Å²) in [4.78, 5) is 10.7. The fourth-order valence-corrected chi connectivity index (χ4v) is 3.92. The van der Waals surface area contributed by atoms with E-state index in [1.54, 1.807) is 0 Å². The van der Waals surface area contributed by atoms with Crippen LogP contribution >= 0.6 is 11.8 Å². The third-order valence-corrected chi connectivity index (χ3v) is 5.43. The van der Waals surface area contributed by atoms with Gasteiger partial charge in [0.2, 0.25) is 0 Å². The van der Waals surface area contributed by atoms with Crippen LogP contribution in [0, 0.1) is 5.92 Å². The topological polar surface area (TPSA) is 68.0 Å². The van der Waals surface area contributed by atoms with Crippen molar-refractivity contribution in [3.05, 3.63) is 5.82 Å². The first-order valence-corrected chi connectivity index (χ1v) is 9.00. The molecule has 3 rings (SSSR count). The molecule has 2 aliphatic carbocycles. The van der Waals surface area contributed by atoms with Gasteiger partial charge in [0.25, 0.3) is 0 Å². The molecule has 2 saturated carbocycles. The molecule has 116 valence electrons. The number of aromatic nitrogens is 3. The van der Waals surface area contributed by atoms with Crippen molar-refractivity contribution in [3.63, 3.8) is 0 Å². The fourth-order valence-electron chi connectivity index (χ4n) is 3.22. The van der Waals surface area contributed by atoms with Gasteiger partial charge >= 0.3 is 5.97 Å². The molecule has 1 N–H and O–H groups in total. The minimum absolute atomic E-state index is 0.0609. The molecule has 1 heterocycles. The van der Waals surface area contributed by atoms with E-state index >= 15 is 0 Å². The van der Waals surface area contributed by atoms with Gasteiger partial charge in [0.1, 0.15) is 5.82 Å². The van der Waals surface area contributed by atoms with E-state index in [9.17, 15) is 4.79 Å². The SMILES string of the molecule is O=C(O)CSc1nnc(C2CC2)n1CCCC1CCCC1. The second-order valence-electron chi connectivity index (χ2n) is 6.24. The predicted octanol–water partition coefficient (Wildman–Crippen LogP) is 3.30. The second kappa shape index (κ2) is 6.81.